The van der Waals surface area contributed by atoms with Crippen molar-refractivity contribution in [2.24, 2.45) is 0 Å². The molecule has 1 aromatic heterocycles. The highest BCUT2D eigenvalue weighted by molar-refractivity contribution is 7.91. The molecule has 0 N–H and O–H groups in total. The number of carbonyl (C=O) groups excluding carboxylic acids is 1. The van der Waals surface area contributed by atoms with Crippen LogP contribution in [0.25, 0.3) is 0 Å². The van der Waals surface area contributed by atoms with Crippen LogP contribution in [-0.2, 0) is 21.2 Å². The fourth-order valence-corrected chi connectivity index (χ4v) is 4.38. The number of amides is 1. The highest BCUT2D eigenvalue weighted by Gasteiger charge is 2.33. The van der Waals surface area contributed by atoms with Crippen molar-refractivity contribution < 1.29 is 18.1 Å². The summed E-state index contributed by atoms with van der Waals surface area (Å²) >= 11 is 0. The molecular formula is C13H17N3O6S. The summed E-state index contributed by atoms with van der Waals surface area (Å²) in [5, 5.41) is 10.7. The molecule has 1 fully saturated rings. The minimum atomic E-state index is -3.13. The molecule has 2 rings (SSSR count). The van der Waals surface area contributed by atoms with Crippen LogP contribution in [0, 0.1) is 10.1 Å². The van der Waals surface area contributed by atoms with Crippen molar-refractivity contribution >= 4 is 21.4 Å². The fourth-order valence-electron chi connectivity index (χ4n) is 2.65. The summed E-state index contributed by atoms with van der Waals surface area (Å²) in [6.45, 7) is 1.67. The van der Waals surface area contributed by atoms with Crippen LogP contribution in [0.1, 0.15) is 13.3 Å². The lowest BCUT2D eigenvalue weighted by molar-refractivity contribution is -0.385. The van der Waals surface area contributed by atoms with Gasteiger partial charge in [0.15, 0.2) is 9.84 Å². The normalized spacial score (nSPS) is 19.4. The summed E-state index contributed by atoms with van der Waals surface area (Å²) in [7, 11) is -3.13. The summed E-state index contributed by atoms with van der Waals surface area (Å²) in [4.78, 5) is 35.6. The van der Waals surface area contributed by atoms with Crippen LogP contribution >= 0.6 is 0 Å². The molecular weight excluding hydrogens is 326 g/mol. The van der Waals surface area contributed by atoms with Crippen LogP contribution in [0.4, 0.5) is 5.69 Å². The van der Waals surface area contributed by atoms with Gasteiger partial charge in [-0.25, -0.2) is 8.42 Å². The Morgan fingerprint density at radius 1 is 1.48 bits per heavy atom. The number of hydrogen-bond donors (Lipinski definition) is 0. The van der Waals surface area contributed by atoms with Gasteiger partial charge in [0, 0.05) is 24.7 Å². The molecule has 1 aliphatic heterocycles. The zero-order valence-corrected chi connectivity index (χ0v) is 13.4. The minimum Gasteiger partial charge on any atom is -0.337 e. The topological polar surface area (TPSA) is 120 Å². The van der Waals surface area contributed by atoms with Crippen molar-refractivity contribution in [2.75, 3.05) is 18.1 Å². The average Bonchev–Trinajstić information content (AvgIpc) is 2.81. The van der Waals surface area contributed by atoms with Crippen molar-refractivity contribution in [1.29, 1.82) is 0 Å². The van der Waals surface area contributed by atoms with Gasteiger partial charge in [-0.1, -0.05) is 0 Å². The van der Waals surface area contributed by atoms with E-state index in [0.29, 0.717) is 13.0 Å². The fraction of sp³-hybridized carbons (Fsp3) is 0.538. The van der Waals surface area contributed by atoms with Crippen LogP contribution < -0.4 is 5.56 Å². The van der Waals surface area contributed by atoms with Gasteiger partial charge in [0.1, 0.15) is 6.54 Å². The predicted octanol–water partition coefficient (Wildman–Crippen LogP) is -0.208. The van der Waals surface area contributed by atoms with Crippen molar-refractivity contribution in [3.05, 3.63) is 38.8 Å². The molecule has 0 saturated carbocycles. The number of pyridine rings is 1. The number of hydrogen-bond acceptors (Lipinski definition) is 6. The van der Waals surface area contributed by atoms with E-state index in [1.807, 2.05) is 0 Å². The lowest BCUT2D eigenvalue weighted by atomic mass is 10.2. The molecule has 10 heteroatoms. The molecule has 9 nitrogen and oxygen atoms in total. The monoisotopic (exact) mass is 343 g/mol. The van der Waals surface area contributed by atoms with E-state index in [2.05, 4.69) is 0 Å². The molecule has 0 aromatic carbocycles. The van der Waals surface area contributed by atoms with Crippen LogP contribution in [-0.4, -0.2) is 52.8 Å². The van der Waals surface area contributed by atoms with E-state index in [0.717, 1.165) is 22.9 Å². The molecule has 1 unspecified atom stereocenters. The van der Waals surface area contributed by atoms with Gasteiger partial charge in [-0.2, -0.15) is 0 Å². The number of likely N-dealkylation sites (N-methyl/N-ethyl adjacent to an activating group) is 1. The Balaban J connectivity index is 2.19. The molecule has 0 aliphatic carbocycles. The molecule has 1 aliphatic rings. The second kappa shape index (κ2) is 6.49. The van der Waals surface area contributed by atoms with Gasteiger partial charge in [0.2, 0.25) is 5.91 Å². The third kappa shape index (κ3) is 3.95. The van der Waals surface area contributed by atoms with Crippen LogP contribution in [0.5, 0.6) is 0 Å². The quantitative estimate of drug-likeness (QED) is 0.539. The first-order valence-corrected chi connectivity index (χ1v) is 8.90. The average molecular weight is 343 g/mol. The van der Waals surface area contributed by atoms with Gasteiger partial charge >= 0.3 is 0 Å². The van der Waals surface area contributed by atoms with E-state index < -0.39 is 32.3 Å². The van der Waals surface area contributed by atoms with Crippen molar-refractivity contribution in [2.45, 2.75) is 25.9 Å². The molecule has 126 valence electrons. The van der Waals surface area contributed by atoms with Gasteiger partial charge in [-0.3, -0.25) is 24.3 Å². The van der Waals surface area contributed by atoms with Gasteiger partial charge in [-0.15, -0.1) is 0 Å². The maximum absolute atomic E-state index is 12.4. The molecule has 1 aromatic rings. The third-order valence-corrected chi connectivity index (χ3v) is 5.54. The van der Waals surface area contributed by atoms with Gasteiger partial charge < -0.3 is 4.90 Å². The largest absolute Gasteiger partial charge is 0.337 e. The molecule has 0 spiro atoms. The number of rotatable bonds is 5. The number of carbonyl (C=O) groups is 1. The Labute approximate surface area is 132 Å². The van der Waals surface area contributed by atoms with Gasteiger partial charge in [0.25, 0.3) is 11.2 Å². The van der Waals surface area contributed by atoms with E-state index in [1.54, 1.807) is 6.92 Å². The summed E-state index contributed by atoms with van der Waals surface area (Å²) in [6, 6.07) is 1.69. The minimum absolute atomic E-state index is 0.0399. The number of sulfone groups is 1. The SMILES string of the molecule is CCN(C(=O)Cn1cc([N+](=O)[O-])ccc1=O)C1CCS(=O)(=O)C1. The lowest BCUT2D eigenvalue weighted by Crippen LogP contribution is -2.43. The highest BCUT2D eigenvalue weighted by Crippen LogP contribution is 2.18. The van der Waals surface area contributed by atoms with E-state index >= 15 is 0 Å². The van der Waals surface area contributed by atoms with E-state index in [1.165, 1.54) is 4.90 Å². The maximum Gasteiger partial charge on any atom is 0.285 e. The Hall–Kier alpha value is -2.23. The van der Waals surface area contributed by atoms with E-state index in [-0.39, 0.29) is 23.7 Å². The predicted molar refractivity (Wildman–Crippen MR) is 81.8 cm³/mol. The van der Waals surface area contributed by atoms with Crippen LogP contribution in [0.3, 0.4) is 0 Å². The van der Waals surface area contributed by atoms with E-state index in [9.17, 15) is 28.1 Å². The van der Waals surface area contributed by atoms with Crippen LogP contribution in [0.15, 0.2) is 23.1 Å². The van der Waals surface area contributed by atoms with Gasteiger partial charge in [0.05, 0.1) is 22.6 Å². The second-order valence-corrected chi connectivity index (χ2v) is 7.58. The Kier molecular flexibility index (Phi) is 4.83. The van der Waals surface area contributed by atoms with Gasteiger partial charge in [-0.05, 0) is 13.3 Å². The number of nitro groups is 1. The standard InChI is InChI=1S/C13H17N3O6S/c1-2-15(11-5-6-23(21,22)9-11)13(18)8-14-7-10(16(19)20)3-4-12(14)17/h3-4,7,11H,2,5-6,8-9H2,1H3. The second-order valence-electron chi connectivity index (χ2n) is 5.35. The Morgan fingerprint density at radius 3 is 2.70 bits per heavy atom. The zero-order valence-electron chi connectivity index (χ0n) is 12.5. The molecule has 0 radical (unpaired) electrons. The maximum atomic E-state index is 12.4. The molecule has 1 atom stereocenters. The molecule has 1 amide bonds. The van der Waals surface area contributed by atoms with Crippen molar-refractivity contribution in [3.63, 3.8) is 0 Å². The van der Waals surface area contributed by atoms with Crippen molar-refractivity contribution in [1.82, 2.24) is 9.47 Å². The van der Waals surface area contributed by atoms with Crippen LogP contribution in [0.2, 0.25) is 0 Å². The van der Waals surface area contributed by atoms with E-state index in [4.69, 9.17) is 0 Å². The molecule has 2 heterocycles. The summed E-state index contributed by atoms with van der Waals surface area (Å²) in [5.74, 6) is -0.480. The Bertz CT molecular complexity index is 785. The third-order valence-electron chi connectivity index (χ3n) is 3.79. The Morgan fingerprint density at radius 2 is 2.17 bits per heavy atom. The zero-order chi connectivity index (χ0) is 17.2. The molecule has 23 heavy (non-hydrogen) atoms. The number of aromatic nitrogens is 1. The highest BCUT2D eigenvalue weighted by atomic mass is 32.2. The number of nitrogens with zero attached hydrogens (tertiary/aromatic N) is 3. The first-order valence-electron chi connectivity index (χ1n) is 7.08. The summed E-state index contributed by atoms with van der Waals surface area (Å²) in [6.07, 6.45) is 1.38. The summed E-state index contributed by atoms with van der Waals surface area (Å²) < 4.78 is 24.1. The first-order chi connectivity index (χ1) is 10.7. The van der Waals surface area contributed by atoms with Crippen molar-refractivity contribution in [3.8, 4) is 0 Å². The first kappa shape index (κ1) is 17.1. The smallest absolute Gasteiger partial charge is 0.285 e. The molecule has 1 saturated heterocycles. The molecule has 0 bridgehead atoms. The summed E-state index contributed by atoms with van der Waals surface area (Å²) in [5.41, 5.74) is -0.817. The lowest BCUT2D eigenvalue weighted by Gasteiger charge is -2.27.